The van der Waals surface area contributed by atoms with Crippen molar-refractivity contribution in [2.24, 2.45) is 17.1 Å². The summed E-state index contributed by atoms with van der Waals surface area (Å²) in [4.78, 5) is 0. The molecule has 3 nitrogen and oxygen atoms in total. The van der Waals surface area contributed by atoms with Crippen molar-refractivity contribution < 1.29 is 9.84 Å². The quantitative estimate of drug-likeness (QED) is 0.704. The highest BCUT2D eigenvalue weighted by Gasteiger charge is 2.39. The van der Waals surface area contributed by atoms with Crippen molar-refractivity contribution in [1.82, 2.24) is 0 Å². The number of ether oxygens (including phenoxy) is 1. The van der Waals surface area contributed by atoms with Gasteiger partial charge in [-0.3, -0.25) is 0 Å². The first-order chi connectivity index (χ1) is 7.87. The minimum absolute atomic E-state index is 0.335. The van der Waals surface area contributed by atoms with Crippen molar-refractivity contribution in [2.75, 3.05) is 19.8 Å². The van der Waals surface area contributed by atoms with Gasteiger partial charge in [-0.2, -0.15) is 0 Å². The Morgan fingerprint density at radius 3 is 2.65 bits per heavy atom. The lowest BCUT2D eigenvalue weighted by molar-refractivity contribution is -0.00579. The molecule has 102 valence electrons. The van der Waals surface area contributed by atoms with E-state index in [0.29, 0.717) is 17.9 Å². The number of nitrogens with two attached hydrogens (primary N) is 1. The van der Waals surface area contributed by atoms with Crippen LogP contribution >= 0.6 is 0 Å². The van der Waals surface area contributed by atoms with Gasteiger partial charge in [-0.1, -0.05) is 27.2 Å². The Labute approximate surface area is 106 Å². The van der Waals surface area contributed by atoms with Crippen LogP contribution in [0.15, 0.2) is 0 Å². The fourth-order valence-corrected chi connectivity index (χ4v) is 2.52. The molecule has 0 heterocycles. The first-order valence-corrected chi connectivity index (χ1v) is 6.88. The largest absolute Gasteiger partial charge is 0.388 e. The summed E-state index contributed by atoms with van der Waals surface area (Å²) in [5, 5.41) is 10.3. The third kappa shape index (κ3) is 4.94. The van der Waals surface area contributed by atoms with Crippen LogP contribution in [-0.4, -0.2) is 30.5 Å². The maximum absolute atomic E-state index is 10.3. The van der Waals surface area contributed by atoms with Crippen LogP contribution in [-0.2, 0) is 4.74 Å². The van der Waals surface area contributed by atoms with E-state index >= 15 is 0 Å². The van der Waals surface area contributed by atoms with Gasteiger partial charge in [0.15, 0.2) is 0 Å². The summed E-state index contributed by atoms with van der Waals surface area (Å²) < 4.78 is 5.66. The molecule has 1 saturated carbocycles. The van der Waals surface area contributed by atoms with Crippen molar-refractivity contribution >= 4 is 0 Å². The first kappa shape index (κ1) is 14.9. The third-order valence-corrected chi connectivity index (χ3v) is 3.88. The van der Waals surface area contributed by atoms with Gasteiger partial charge in [-0.15, -0.1) is 0 Å². The molecule has 1 aliphatic carbocycles. The second-order valence-corrected chi connectivity index (χ2v) is 6.61. The summed E-state index contributed by atoms with van der Waals surface area (Å²) in [5.41, 5.74) is 5.38. The van der Waals surface area contributed by atoms with E-state index in [1.165, 1.54) is 0 Å². The van der Waals surface area contributed by atoms with E-state index in [4.69, 9.17) is 10.5 Å². The van der Waals surface area contributed by atoms with E-state index in [9.17, 15) is 5.11 Å². The summed E-state index contributed by atoms with van der Waals surface area (Å²) in [7, 11) is 0. The number of hydrogen-bond donors (Lipinski definition) is 2. The SMILES string of the molecule is CC(C)(C)CCOCCC1CCCC1(O)CN. The maximum atomic E-state index is 10.3. The van der Waals surface area contributed by atoms with Gasteiger partial charge < -0.3 is 15.6 Å². The zero-order valence-electron chi connectivity index (χ0n) is 11.7. The lowest BCUT2D eigenvalue weighted by Crippen LogP contribution is -2.41. The van der Waals surface area contributed by atoms with Crippen LogP contribution in [0.2, 0.25) is 0 Å². The molecule has 0 aromatic carbocycles. The molecular weight excluding hydrogens is 214 g/mol. The van der Waals surface area contributed by atoms with Crippen LogP contribution in [0.25, 0.3) is 0 Å². The van der Waals surface area contributed by atoms with Crippen molar-refractivity contribution in [2.45, 2.75) is 58.5 Å². The number of rotatable bonds is 6. The van der Waals surface area contributed by atoms with Crippen LogP contribution in [0.3, 0.4) is 0 Å². The summed E-state index contributed by atoms with van der Waals surface area (Å²) in [5.74, 6) is 0.335. The Morgan fingerprint density at radius 2 is 2.06 bits per heavy atom. The van der Waals surface area contributed by atoms with Crippen LogP contribution in [0, 0.1) is 11.3 Å². The van der Waals surface area contributed by atoms with E-state index in [0.717, 1.165) is 45.3 Å². The van der Waals surface area contributed by atoms with Gasteiger partial charge >= 0.3 is 0 Å². The van der Waals surface area contributed by atoms with Gasteiger partial charge in [0.2, 0.25) is 0 Å². The molecule has 0 amide bonds. The molecule has 1 aliphatic rings. The lowest BCUT2D eigenvalue weighted by Gasteiger charge is -2.28. The molecule has 2 unspecified atom stereocenters. The molecule has 17 heavy (non-hydrogen) atoms. The summed E-state index contributed by atoms with van der Waals surface area (Å²) in [6, 6.07) is 0. The Balaban J connectivity index is 2.14. The average molecular weight is 243 g/mol. The monoisotopic (exact) mass is 243 g/mol. The molecule has 0 spiro atoms. The normalized spacial score (nSPS) is 29.8. The molecule has 1 rings (SSSR count). The lowest BCUT2D eigenvalue weighted by atomic mass is 9.88. The second kappa shape index (κ2) is 6.17. The van der Waals surface area contributed by atoms with Gasteiger partial charge in [0.25, 0.3) is 0 Å². The second-order valence-electron chi connectivity index (χ2n) is 6.61. The fourth-order valence-electron chi connectivity index (χ4n) is 2.52. The summed E-state index contributed by atoms with van der Waals surface area (Å²) in [6.07, 6.45) is 5.07. The number of aliphatic hydroxyl groups is 1. The molecule has 0 aromatic heterocycles. The average Bonchev–Trinajstić information content (AvgIpc) is 2.59. The summed E-state index contributed by atoms with van der Waals surface area (Å²) >= 11 is 0. The fraction of sp³-hybridized carbons (Fsp3) is 1.00. The molecule has 0 saturated heterocycles. The predicted molar refractivity (Wildman–Crippen MR) is 70.9 cm³/mol. The van der Waals surface area contributed by atoms with Gasteiger partial charge in [-0.25, -0.2) is 0 Å². The molecule has 3 heteroatoms. The topological polar surface area (TPSA) is 55.5 Å². The van der Waals surface area contributed by atoms with E-state index in [-0.39, 0.29) is 0 Å². The Bertz CT molecular complexity index is 225. The minimum Gasteiger partial charge on any atom is -0.388 e. The zero-order chi connectivity index (χ0) is 12.9. The molecule has 0 radical (unpaired) electrons. The predicted octanol–water partition coefficient (Wildman–Crippen LogP) is 2.32. The zero-order valence-corrected chi connectivity index (χ0v) is 11.7. The van der Waals surface area contributed by atoms with Gasteiger partial charge in [0.05, 0.1) is 5.60 Å². The van der Waals surface area contributed by atoms with E-state index in [2.05, 4.69) is 20.8 Å². The molecule has 3 N–H and O–H groups in total. The molecule has 0 aliphatic heterocycles. The van der Waals surface area contributed by atoms with Crippen molar-refractivity contribution in [1.29, 1.82) is 0 Å². The van der Waals surface area contributed by atoms with Crippen LogP contribution in [0.4, 0.5) is 0 Å². The molecular formula is C14H29NO2. The standard InChI is InChI=1S/C14H29NO2/c1-13(2,3)8-10-17-9-6-12-5-4-7-14(12,16)11-15/h12,16H,4-11,15H2,1-3H3. The number of hydrogen-bond acceptors (Lipinski definition) is 3. The van der Waals surface area contributed by atoms with E-state index in [1.807, 2.05) is 0 Å². The highest BCUT2D eigenvalue weighted by atomic mass is 16.5. The maximum Gasteiger partial charge on any atom is 0.0798 e. The molecule has 0 bridgehead atoms. The smallest absolute Gasteiger partial charge is 0.0798 e. The van der Waals surface area contributed by atoms with Gasteiger partial charge in [0, 0.05) is 19.8 Å². The summed E-state index contributed by atoms with van der Waals surface area (Å²) in [6.45, 7) is 8.63. The molecule has 2 atom stereocenters. The van der Waals surface area contributed by atoms with Crippen molar-refractivity contribution in [3.05, 3.63) is 0 Å². The van der Waals surface area contributed by atoms with E-state index < -0.39 is 5.60 Å². The van der Waals surface area contributed by atoms with Gasteiger partial charge in [-0.05, 0) is 37.0 Å². The van der Waals surface area contributed by atoms with Crippen LogP contribution in [0.5, 0.6) is 0 Å². The Hall–Kier alpha value is -0.120. The first-order valence-electron chi connectivity index (χ1n) is 6.88. The van der Waals surface area contributed by atoms with E-state index in [1.54, 1.807) is 0 Å². The van der Waals surface area contributed by atoms with Gasteiger partial charge in [0.1, 0.15) is 0 Å². The Kier molecular flexibility index (Phi) is 5.42. The third-order valence-electron chi connectivity index (χ3n) is 3.88. The van der Waals surface area contributed by atoms with Crippen molar-refractivity contribution in [3.8, 4) is 0 Å². The van der Waals surface area contributed by atoms with Crippen LogP contribution < -0.4 is 5.73 Å². The molecule has 1 fully saturated rings. The minimum atomic E-state index is -0.618. The Morgan fingerprint density at radius 1 is 1.35 bits per heavy atom. The highest BCUT2D eigenvalue weighted by Crippen LogP contribution is 2.37. The molecule has 0 aromatic rings. The highest BCUT2D eigenvalue weighted by molar-refractivity contribution is 4.92. The van der Waals surface area contributed by atoms with Crippen LogP contribution in [0.1, 0.15) is 52.9 Å². The van der Waals surface area contributed by atoms with Crippen molar-refractivity contribution in [3.63, 3.8) is 0 Å².